The molecule has 7 nitrogen and oxygen atoms in total. The molecule has 0 unspecified atom stereocenters. The summed E-state index contributed by atoms with van der Waals surface area (Å²) in [6, 6.07) is 12.5. The summed E-state index contributed by atoms with van der Waals surface area (Å²) in [6.45, 7) is 3.89. The number of ether oxygens (including phenoxy) is 2. The molecule has 1 heterocycles. The predicted molar refractivity (Wildman–Crippen MR) is 122 cm³/mol. The van der Waals surface area contributed by atoms with E-state index in [1.807, 2.05) is 32.0 Å². The number of methoxy groups -OCH3 is 2. The van der Waals surface area contributed by atoms with Crippen molar-refractivity contribution >= 4 is 29.2 Å². The molecule has 1 aliphatic heterocycles. The molecule has 32 heavy (non-hydrogen) atoms. The van der Waals surface area contributed by atoms with Crippen molar-refractivity contribution in [2.45, 2.75) is 13.8 Å². The van der Waals surface area contributed by atoms with Crippen LogP contribution in [0.25, 0.3) is 0 Å². The molecule has 1 N–H and O–H groups in total. The van der Waals surface area contributed by atoms with Gasteiger partial charge in [-0.1, -0.05) is 35.9 Å². The van der Waals surface area contributed by atoms with Crippen LogP contribution in [0, 0.1) is 13.8 Å². The number of allylic oxidation sites excluding steroid dienone is 2. The van der Waals surface area contributed by atoms with Crippen LogP contribution in [0.2, 0.25) is 0 Å². The Morgan fingerprint density at radius 1 is 0.906 bits per heavy atom. The van der Waals surface area contributed by atoms with Crippen molar-refractivity contribution in [2.75, 3.05) is 24.4 Å². The van der Waals surface area contributed by atoms with Gasteiger partial charge in [-0.25, -0.2) is 9.59 Å². The highest BCUT2D eigenvalue weighted by Crippen LogP contribution is 2.30. The Balaban J connectivity index is 2.10. The van der Waals surface area contributed by atoms with E-state index in [-0.39, 0.29) is 17.2 Å². The molecule has 7 heteroatoms. The molecule has 0 bridgehead atoms. The van der Waals surface area contributed by atoms with Crippen LogP contribution in [0.4, 0.5) is 11.4 Å². The van der Waals surface area contributed by atoms with Gasteiger partial charge in [-0.3, -0.25) is 4.79 Å². The maximum Gasteiger partial charge on any atom is 0.355 e. The van der Waals surface area contributed by atoms with Gasteiger partial charge in [-0.15, -0.1) is 0 Å². The van der Waals surface area contributed by atoms with Crippen LogP contribution in [0.5, 0.6) is 0 Å². The number of carbonyl (C=O) groups is 3. The smallest absolute Gasteiger partial charge is 0.355 e. The zero-order valence-corrected chi connectivity index (χ0v) is 18.3. The maximum atomic E-state index is 13.2. The van der Waals surface area contributed by atoms with E-state index in [1.54, 1.807) is 42.6 Å². The van der Waals surface area contributed by atoms with Gasteiger partial charge in [0.2, 0.25) is 0 Å². The van der Waals surface area contributed by atoms with Crippen LogP contribution >= 0.6 is 0 Å². The summed E-state index contributed by atoms with van der Waals surface area (Å²) in [6.07, 6.45) is 6.31. The van der Waals surface area contributed by atoms with E-state index in [2.05, 4.69) is 5.32 Å². The molecular formula is C25H24N2O5. The summed E-state index contributed by atoms with van der Waals surface area (Å²) in [5.74, 6) is -1.80. The van der Waals surface area contributed by atoms with E-state index in [0.717, 1.165) is 11.1 Å². The van der Waals surface area contributed by atoms with Gasteiger partial charge < -0.3 is 19.7 Å². The van der Waals surface area contributed by atoms with Gasteiger partial charge in [0.25, 0.3) is 5.91 Å². The second-order valence-corrected chi connectivity index (χ2v) is 7.11. The van der Waals surface area contributed by atoms with Crippen LogP contribution in [0.3, 0.4) is 0 Å². The molecule has 0 spiro atoms. The van der Waals surface area contributed by atoms with E-state index >= 15 is 0 Å². The summed E-state index contributed by atoms with van der Waals surface area (Å²) in [7, 11) is 2.45. The largest absolute Gasteiger partial charge is 0.465 e. The van der Waals surface area contributed by atoms with Crippen molar-refractivity contribution in [3.05, 3.63) is 94.9 Å². The molecule has 0 aliphatic carbocycles. The first kappa shape index (κ1) is 22.6. The molecule has 164 valence electrons. The molecule has 0 saturated heterocycles. The molecule has 1 aliphatic rings. The molecular weight excluding hydrogens is 408 g/mol. The van der Waals surface area contributed by atoms with Gasteiger partial charge in [-0.05, 0) is 49.8 Å². The minimum atomic E-state index is -0.744. The third-order valence-electron chi connectivity index (χ3n) is 4.93. The third kappa shape index (κ3) is 4.62. The van der Waals surface area contributed by atoms with Gasteiger partial charge in [0.1, 0.15) is 5.70 Å². The number of hydrogen-bond donors (Lipinski definition) is 1. The van der Waals surface area contributed by atoms with E-state index in [4.69, 9.17) is 9.47 Å². The van der Waals surface area contributed by atoms with Crippen molar-refractivity contribution in [2.24, 2.45) is 0 Å². The molecule has 2 aromatic rings. The van der Waals surface area contributed by atoms with E-state index < -0.39 is 11.9 Å². The molecule has 0 fully saturated rings. The Bertz CT molecular complexity index is 1160. The van der Waals surface area contributed by atoms with E-state index in [0.29, 0.717) is 16.9 Å². The highest BCUT2D eigenvalue weighted by Gasteiger charge is 2.29. The standard InChI is InChI=1S/C25H24N2O5/c1-16-12-13-20(17(2)15-16)26-23(28)18-9-5-6-11-21(18)27-14-8-7-10-19(24(29)31-3)22(27)25(30)32-4/h5-15H,1-4H3,(H,26,28). The van der Waals surface area contributed by atoms with Crippen LogP contribution in [-0.4, -0.2) is 32.1 Å². The number of anilines is 2. The fourth-order valence-electron chi connectivity index (χ4n) is 3.37. The lowest BCUT2D eigenvalue weighted by atomic mass is 10.1. The summed E-state index contributed by atoms with van der Waals surface area (Å²) < 4.78 is 9.77. The number of benzene rings is 2. The molecule has 1 amide bonds. The minimum Gasteiger partial charge on any atom is -0.465 e. The number of rotatable bonds is 5. The second-order valence-electron chi connectivity index (χ2n) is 7.11. The average Bonchev–Trinajstić information content (AvgIpc) is 3.02. The van der Waals surface area contributed by atoms with E-state index in [9.17, 15) is 14.4 Å². The Labute approximate surface area is 186 Å². The average molecular weight is 432 g/mol. The number of esters is 2. The number of amides is 1. The van der Waals surface area contributed by atoms with Crippen molar-refractivity contribution in [3.63, 3.8) is 0 Å². The number of nitrogens with zero attached hydrogens (tertiary/aromatic N) is 1. The van der Waals surface area contributed by atoms with Crippen molar-refractivity contribution in [1.82, 2.24) is 0 Å². The van der Waals surface area contributed by atoms with Crippen molar-refractivity contribution in [1.29, 1.82) is 0 Å². The predicted octanol–water partition coefficient (Wildman–Crippen LogP) is 4.05. The first-order valence-electron chi connectivity index (χ1n) is 9.90. The maximum absolute atomic E-state index is 13.2. The fraction of sp³-hybridized carbons (Fsp3) is 0.160. The first-order valence-corrected chi connectivity index (χ1v) is 9.90. The number of hydrogen-bond acceptors (Lipinski definition) is 6. The number of carbonyl (C=O) groups excluding carboxylic acids is 3. The monoisotopic (exact) mass is 432 g/mol. The Morgan fingerprint density at radius 3 is 2.31 bits per heavy atom. The SMILES string of the molecule is COC(=O)C1=C(C(=O)OC)N(c2ccccc2C(=O)Nc2ccc(C)cc2C)C=CC=C1. The quantitative estimate of drug-likeness (QED) is 0.718. The Hall–Kier alpha value is -4.13. The Morgan fingerprint density at radius 2 is 1.62 bits per heavy atom. The van der Waals surface area contributed by atoms with E-state index in [1.165, 1.54) is 25.2 Å². The zero-order valence-electron chi connectivity index (χ0n) is 18.3. The van der Waals surface area contributed by atoms with Crippen LogP contribution < -0.4 is 10.2 Å². The van der Waals surface area contributed by atoms with Crippen molar-refractivity contribution in [3.8, 4) is 0 Å². The minimum absolute atomic E-state index is 0.00828. The van der Waals surface area contributed by atoms with Gasteiger partial charge in [-0.2, -0.15) is 0 Å². The number of nitrogens with one attached hydrogen (secondary N) is 1. The van der Waals surface area contributed by atoms with Gasteiger partial charge in [0.05, 0.1) is 31.0 Å². The highest BCUT2D eigenvalue weighted by molar-refractivity contribution is 6.11. The molecule has 0 aromatic heterocycles. The molecule has 2 aromatic carbocycles. The van der Waals surface area contributed by atoms with Crippen molar-refractivity contribution < 1.29 is 23.9 Å². The molecule has 0 radical (unpaired) electrons. The fourth-order valence-corrected chi connectivity index (χ4v) is 3.37. The van der Waals surface area contributed by atoms with Crippen LogP contribution in [-0.2, 0) is 19.1 Å². The first-order chi connectivity index (χ1) is 15.4. The molecule has 0 saturated carbocycles. The summed E-state index contributed by atoms with van der Waals surface area (Å²) in [5, 5.41) is 2.92. The summed E-state index contributed by atoms with van der Waals surface area (Å²) in [4.78, 5) is 39.7. The van der Waals surface area contributed by atoms with Gasteiger partial charge in [0, 0.05) is 11.9 Å². The summed E-state index contributed by atoms with van der Waals surface area (Å²) >= 11 is 0. The zero-order chi connectivity index (χ0) is 23.3. The topological polar surface area (TPSA) is 84.9 Å². The number of para-hydroxylation sites is 1. The van der Waals surface area contributed by atoms with Gasteiger partial charge >= 0.3 is 11.9 Å². The Kier molecular flexibility index (Phi) is 6.90. The molecule has 3 rings (SSSR count). The van der Waals surface area contributed by atoms with Crippen LogP contribution in [0.1, 0.15) is 21.5 Å². The van der Waals surface area contributed by atoms with Crippen LogP contribution in [0.15, 0.2) is 78.2 Å². The third-order valence-corrected chi connectivity index (χ3v) is 4.93. The lowest BCUT2D eigenvalue weighted by Gasteiger charge is -2.25. The highest BCUT2D eigenvalue weighted by atomic mass is 16.5. The lowest BCUT2D eigenvalue weighted by Crippen LogP contribution is -2.28. The lowest BCUT2D eigenvalue weighted by molar-refractivity contribution is -0.139. The second kappa shape index (κ2) is 9.78. The summed E-state index contributed by atoms with van der Waals surface area (Å²) in [5.41, 5.74) is 3.36. The number of aryl methyl sites for hydroxylation is 2. The molecule has 0 atom stereocenters. The van der Waals surface area contributed by atoms with Gasteiger partial charge in [0.15, 0.2) is 0 Å². The normalized spacial score (nSPS) is 12.9.